The molecule has 1 aromatic carbocycles. The van der Waals surface area contributed by atoms with E-state index in [1.54, 1.807) is 0 Å². The van der Waals surface area contributed by atoms with Crippen molar-refractivity contribution in [1.29, 1.82) is 0 Å². The second-order valence-corrected chi connectivity index (χ2v) is 8.84. The minimum Gasteiger partial charge on any atom is -0.373 e. The molecule has 0 unspecified atom stereocenters. The van der Waals surface area contributed by atoms with Gasteiger partial charge in [-0.05, 0) is 44.0 Å². The zero-order chi connectivity index (χ0) is 21.1. The van der Waals surface area contributed by atoms with Crippen LogP contribution in [0.25, 0.3) is 0 Å². The molecule has 1 aromatic heterocycles. The van der Waals surface area contributed by atoms with Gasteiger partial charge in [0.1, 0.15) is 11.6 Å². The Morgan fingerprint density at radius 1 is 1.30 bits per heavy atom. The Labute approximate surface area is 183 Å². The molecule has 0 saturated carbocycles. The van der Waals surface area contributed by atoms with E-state index in [4.69, 9.17) is 21.6 Å². The fourth-order valence-electron chi connectivity index (χ4n) is 4.47. The van der Waals surface area contributed by atoms with Crippen LogP contribution >= 0.6 is 11.6 Å². The monoisotopic (exact) mass is 427 g/mol. The molecule has 6 nitrogen and oxygen atoms in total. The maximum absolute atomic E-state index is 12.9. The van der Waals surface area contributed by atoms with Crippen molar-refractivity contribution in [1.82, 2.24) is 19.8 Å². The smallest absolute Gasteiger partial charge is 0.222 e. The fraction of sp³-hybridized carbons (Fsp3) is 0.522. The molecule has 0 radical (unpaired) electrons. The summed E-state index contributed by atoms with van der Waals surface area (Å²) >= 11 is 6.06. The molecule has 1 atom stereocenters. The predicted octanol–water partition coefficient (Wildman–Crippen LogP) is 3.50. The summed E-state index contributed by atoms with van der Waals surface area (Å²) in [6.45, 7) is 3.42. The number of carbonyl (C=O) groups is 1. The Morgan fingerprint density at radius 2 is 2.17 bits per heavy atom. The van der Waals surface area contributed by atoms with Gasteiger partial charge in [-0.15, -0.1) is 0 Å². The number of likely N-dealkylation sites (tertiary alicyclic amines) is 1. The van der Waals surface area contributed by atoms with E-state index in [1.807, 2.05) is 36.2 Å². The number of aryl methyl sites for hydroxylation is 1. The van der Waals surface area contributed by atoms with E-state index in [2.05, 4.69) is 17.3 Å². The molecular weight excluding hydrogens is 398 g/mol. The van der Waals surface area contributed by atoms with Crippen LogP contribution in [-0.2, 0) is 24.2 Å². The molecule has 0 aliphatic carbocycles. The lowest BCUT2D eigenvalue weighted by atomic mass is 9.95. The molecule has 4 rings (SSSR count). The Balaban J connectivity index is 1.44. The first-order valence-electron chi connectivity index (χ1n) is 10.8. The van der Waals surface area contributed by atoms with Crippen LogP contribution in [0, 0.1) is 0 Å². The van der Waals surface area contributed by atoms with Gasteiger partial charge in [-0.1, -0.05) is 23.7 Å². The quantitative estimate of drug-likeness (QED) is 0.791. The van der Waals surface area contributed by atoms with Crippen LogP contribution in [0.2, 0.25) is 5.02 Å². The average Bonchev–Trinajstić information content (AvgIpc) is 2.77. The average molecular weight is 428 g/mol. The number of rotatable bonds is 5. The summed E-state index contributed by atoms with van der Waals surface area (Å²) in [4.78, 5) is 27.0. The first-order valence-corrected chi connectivity index (χ1v) is 11.2. The van der Waals surface area contributed by atoms with Gasteiger partial charge < -0.3 is 15.1 Å². The number of likely N-dealkylation sites (N-methyl/N-ethyl adjacent to an activating group) is 1. The van der Waals surface area contributed by atoms with Gasteiger partial charge in [0.15, 0.2) is 0 Å². The maximum atomic E-state index is 12.9. The standard InChI is InChI=1S/C23H30ClN5O/c1-25-23-19-15-28(2)12-10-20(19)26-22(27-23)17-6-4-11-29(14-17)21(30)9-8-16-5-3-7-18(24)13-16/h3,5,7,13,17H,4,6,8-12,14-15H2,1-2H3,(H,25,26,27)/t17-/m1/s1. The van der Waals surface area contributed by atoms with E-state index in [-0.39, 0.29) is 11.8 Å². The Morgan fingerprint density at radius 3 is 2.97 bits per heavy atom. The highest BCUT2D eigenvalue weighted by atomic mass is 35.5. The van der Waals surface area contributed by atoms with Crippen LogP contribution < -0.4 is 5.32 Å². The molecule has 1 fully saturated rings. The van der Waals surface area contributed by atoms with Gasteiger partial charge in [-0.3, -0.25) is 4.79 Å². The normalized spacial score (nSPS) is 19.4. The van der Waals surface area contributed by atoms with Gasteiger partial charge in [0.2, 0.25) is 5.91 Å². The Kier molecular flexibility index (Phi) is 6.54. The fourth-order valence-corrected chi connectivity index (χ4v) is 4.69. The first kappa shape index (κ1) is 21.1. The number of hydrogen-bond acceptors (Lipinski definition) is 5. The van der Waals surface area contributed by atoms with E-state index in [0.717, 1.165) is 61.8 Å². The number of piperidine rings is 1. The van der Waals surface area contributed by atoms with Gasteiger partial charge >= 0.3 is 0 Å². The number of benzene rings is 1. The van der Waals surface area contributed by atoms with Crippen molar-refractivity contribution in [2.45, 2.75) is 44.6 Å². The highest BCUT2D eigenvalue weighted by molar-refractivity contribution is 6.30. The van der Waals surface area contributed by atoms with Crippen LogP contribution in [0.15, 0.2) is 24.3 Å². The second-order valence-electron chi connectivity index (χ2n) is 8.40. The number of hydrogen-bond donors (Lipinski definition) is 1. The summed E-state index contributed by atoms with van der Waals surface area (Å²) in [6, 6.07) is 7.75. The molecule has 1 saturated heterocycles. The number of halogens is 1. The number of aromatic nitrogens is 2. The molecular formula is C23H30ClN5O. The van der Waals surface area contributed by atoms with Gasteiger partial charge in [0.05, 0.1) is 5.69 Å². The van der Waals surface area contributed by atoms with Crippen molar-refractivity contribution < 1.29 is 4.79 Å². The van der Waals surface area contributed by atoms with E-state index in [9.17, 15) is 4.79 Å². The third-order valence-corrected chi connectivity index (χ3v) is 6.40. The molecule has 3 heterocycles. The van der Waals surface area contributed by atoms with E-state index < -0.39 is 0 Å². The largest absolute Gasteiger partial charge is 0.373 e. The van der Waals surface area contributed by atoms with Crippen molar-refractivity contribution in [3.05, 3.63) is 51.9 Å². The number of amides is 1. The number of nitrogens with zero attached hydrogens (tertiary/aromatic N) is 4. The first-order chi connectivity index (χ1) is 14.5. The van der Waals surface area contributed by atoms with Crippen molar-refractivity contribution in [2.75, 3.05) is 39.0 Å². The molecule has 1 amide bonds. The van der Waals surface area contributed by atoms with Crippen LogP contribution in [0.4, 0.5) is 5.82 Å². The molecule has 1 N–H and O–H groups in total. The van der Waals surface area contributed by atoms with Gasteiger partial charge in [-0.25, -0.2) is 9.97 Å². The molecule has 7 heteroatoms. The van der Waals surface area contributed by atoms with Gasteiger partial charge in [0, 0.05) is 62.6 Å². The van der Waals surface area contributed by atoms with Gasteiger partial charge in [0.25, 0.3) is 0 Å². The summed E-state index contributed by atoms with van der Waals surface area (Å²) < 4.78 is 0. The second kappa shape index (κ2) is 9.31. The number of anilines is 1. The molecule has 0 spiro atoms. The van der Waals surface area contributed by atoms with Crippen LogP contribution in [0.5, 0.6) is 0 Å². The predicted molar refractivity (Wildman–Crippen MR) is 120 cm³/mol. The summed E-state index contributed by atoms with van der Waals surface area (Å²) in [5.74, 6) is 2.22. The van der Waals surface area contributed by atoms with Crippen molar-refractivity contribution in [3.63, 3.8) is 0 Å². The number of fused-ring (bicyclic) bond motifs is 1. The molecule has 0 bridgehead atoms. The summed E-state index contributed by atoms with van der Waals surface area (Å²) in [5.41, 5.74) is 3.47. The summed E-state index contributed by atoms with van der Waals surface area (Å²) in [7, 11) is 4.05. The topological polar surface area (TPSA) is 61.4 Å². The number of nitrogens with one attached hydrogen (secondary N) is 1. The van der Waals surface area contributed by atoms with Crippen molar-refractivity contribution >= 4 is 23.3 Å². The summed E-state index contributed by atoms with van der Waals surface area (Å²) in [6.07, 6.45) is 4.19. The lowest BCUT2D eigenvalue weighted by Crippen LogP contribution is -2.40. The number of carbonyl (C=O) groups excluding carboxylic acids is 1. The SMILES string of the molecule is CNc1nc([C@@H]2CCCN(C(=O)CCc3cccc(Cl)c3)C2)nc2c1CN(C)CC2. The zero-order valence-corrected chi connectivity index (χ0v) is 18.6. The third-order valence-electron chi connectivity index (χ3n) is 6.16. The highest BCUT2D eigenvalue weighted by Crippen LogP contribution is 2.30. The van der Waals surface area contributed by atoms with E-state index in [1.165, 1.54) is 5.56 Å². The van der Waals surface area contributed by atoms with Crippen LogP contribution in [0.1, 0.15) is 47.8 Å². The van der Waals surface area contributed by atoms with Crippen molar-refractivity contribution in [2.24, 2.45) is 0 Å². The Bertz CT molecular complexity index is 901. The van der Waals surface area contributed by atoms with Crippen molar-refractivity contribution in [3.8, 4) is 0 Å². The van der Waals surface area contributed by atoms with Crippen LogP contribution in [-0.4, -0.2) is 59.4 Å². The lowest BCUT2D eigenvalue weighted by molar-refractivity contribution is -0.132. The van der Waals surface area contributed by atoms with Gasteiger partial charge in [-0.2, -0.15) is 0 Å². The van der Waals surface area contributed by atoms with E-state index >= 15 is 0 Å². The van der Waals surface area contributed by atoms with E-state index in [0.29, 0.717) is 24.4 Å². The molecule has 2 aliphatic heterocycles. The molecule has 2 aliphatic rings. The zero-order valence-electron chi connectivity index (χ0n) is 17.8. The molecule has 2 aromatic rings. The summed E-state index contributed by atoms with van der Waals surface area (Å²) in [5, 5.41) is 3.98. The lowest BCUT2D eigenvalue weighted by Gasteiger charge is -2.33. The minimum absolute atomic E-state index is 0.200. The maximum Gasteiger partial charge on any atom is 0.222 e. The molecule has 30 heavy (non-hydrogen) atoms. The minimum atomic E-state index is 0.200. The highest BCUT2D eigenvalue weighted by Gasteiger charge is 2.28. The molecule has 160 valence electrons. The third kappa shape index (κ3) is 4.76. The van der Waals surface area contributed by atoms with Crippen LogP contribution in [0.3, 0.4) is 0 Å². The Hall–Kier alpha value is -2.18.